The Labute approximate surface area is 154 Å². The third-order valence-electron chi connectivity index (χ3n) is 2.96. The van der Waals surface area contributed by atoms with Crippen molar-refractivity contribution in [3.63, 3.8) is 0 Å². The van der Waals surface area contributed by atoms with Crippen LogP contribution in [-0.2, 0) is 20.5 Å². The summed E-state index contributed by atoms with van der Waals surface area (Å²) >= 11 is 0. The van der Waals surface area contributed by atoms with Crippen LogP contribution in [0.3, 0.4) is 0 Å². The highest BCUT2D eigenvalue weighted by Gasteiger charge is 2.26. The largest absolute Gasteiger partial charge is 0.444 e. The summed E-state index contributed by atoms with van der Waals surface area (Å²) in [4.78, 5) is 24.1. The van der Waals surface area contributed by atoms with Gasteiger partial charge in [0, 0.05) is 6.07 Å². The molecular formula is C17H24F2N2O4S. The highest BCUT2D eigenvalue weighted by molar-refractivity contribution is 7.83. The van der Waals surface area contributed by atoms with E-state index in [1.807, 2.05) is 13.8 Å². The molecule has 0 aliphatic heterocycles. The van der Waals surface area contributed by atoms with Gasteiger partial charge in [-0.15, -0.1) is 0 Å². The molecule has 1 rings (SSSR count). The molecule has 0 bridgehead atoms. The fourth-order valence-corrected chi connectivity index (χ4v) is 2.89. The Kier molecular flexibility index (Phi) is 7.68. The van der Waals surface area contributed by atoms with Gasteiger partial charge in [-0.3, -0.25) is 9.52 Å². The smallest absolute Gasteiger partial charge is 0.408 e. The van der Waals surface area contributed by atoms with Crippen LogP contribution in [-0.4, -0.2) is 27.9 Å². The fraction of sp³-hybridized carbons (Fsp3) is 0.529. The van der Waals surface area contributed by atoms with Crippen LogP contribution in [0.15, 0.2) is 23.1 Å². The van der Waals surface area contributed by atoms with E-state index in [4.69, 9.17) is 4.74 Å². The number of carbonyl (C=O) groups is 2. The molecule has 0 aliphatic rings. The Hall–Kier alpha value is -2.03. The van der Waals surface area contributed by atoms with Gasteiger partial charge in [0.2, 0.25) is 0 Å². The second-order valence-corrected chi connectivity index (χ2v) is 8.38. The van der Waals surface area contributed by atoms with E-state index in [1.165, 1.54) is 0 Å². The molecule has 0 fully saturated rings. The summed E-state index contributed by atoms with van der Waals surface area (Å²) in [6, 6.07) is 1.34. The highest BCUT2D eigenvalue weighted by Crippen LogP contribution is 2.13. The minimum absolute atomic E-state index is 0.0423. The van der Waals surface area contributed by atoms with E-state index in [9.17, 15) is 22.6 Å². The quantitative estimate of drug-likeness (QED) is 0.782. The van der Waals surface area contributed by atoms with Crippen molar-refractivity contribution in [1.82, 2.24) is 10.0 Å². The first-order valence-electron chi connectivity index (χ1n) is 8.05. The van der Waals surface area contributed by atoms with Crippen LogP contribution in [0.5, 0.6) is 0 Å². The Bertz CT molecular complexity index is 670. The molecule has 6 nitrogen and oxygen atoms in total. The molecule has 2 atom stereocenters. The number of hydrogen-bond acceptors (Lipinski definition) is 4. The van der Waals surface area contributed by atoms with Crippen LogP contribution in [0.2, 0.25) is 0 Å². The Morgan fingerprint density at radius 1 is 1.15 bits per heavy atom. The van der Waals surface area contributed by atoms with Crippen molar-refractivity contribution in [2.75, 3.05) is 0 Å². The van der Waals surface area contributed by atoms with Gasteiger partial charge in [0.05, 0.1) is 4.90 Å². The fourth-order valence-electron chi connectivity index (χ4n) is 2.01. The number of halogens is 2. The molecule has 1 aromatic carbocycles. The number of amides is 2. The summed E-state index contributed by atoms with van der Waals surface area (Å²) < 4.78 is 45.9. The number of nitrogens with one attached hydrogen (secondary N) is 2. The highest BCUT2D eigenvalue weighted by atomic mass is 32.2. The Morgan fingerprint density at radius 3 is 2.15 bits per heavy atom. The molecule has 0 aromatic heterocycles. The summed E-state index contributed by atoms with van der Waals surface area (Å²) in [6.07, 6.45) is -0.527. The molecule has 1 aromatic rings. The first kappa shape index (κ1) is 22.0. The van der Waals surface area contributed by atoms with E-state index in [0.717, 1.165) is 12.1 Å². The van der Waals surface area contributed by atoms with Gasteiger partial charge < -0.3 is 10.1 Å². The van der Waals surface area contributed by atoms with Crippen molar-refractivity contribution in [2.24, 2.45) is 5.92 Å². The topological polar surface area (TPSA) is 84.5 Å². The normalized spacial score (nSPS) is 13.8. The van der Waals surface area contributed by atoms with Gasteiger partial charge in [0.15, 0.2) is 11.0 Å². The molecule has 0 saturated carbocycles. The number of carbonyl (C=O) groups excluding carboxylic acids is 2. The maximum absolute atomic E-state index is 13.2. The average molecular weight is 390 g/mol. The molecule has 2 N–H and O–H groups in total. The Balaban J connectivity index is 2.85. The summed E-state index contributed by atoms with van der Waals surface area (Å²) in [5.41, 5.74) is -0.745. The van der Waals surface area contributed by atoms with Gasteiger partial charge in [0.25, 0.3) is 5.91 Å². The summed E-state index contributed by atoms with van der Waals surface area (Å²) in [5.74, 6) is -2.52. The van der Waals surface area contributed by atoms with Gasteiger partial charge in [0.1, 0.15) is 23.3 Å². The van der Waals surface area contributed by atoms with Gasteiger partial charge in [-0.05, 0) is 45.2 Å². The number of benzene rings is 1. The average Bonchev–Trinajstić information content (AvgIpc) is 2.42. The van der Waals surface area contributed by atoms with Crippen LogP contribution < -0.4 is 10.0 Å². The zero-order valence-electron chi connectivity index (χ0n) is 15.4. The summed E-state index contributed by atoms with van der Waals surface area (Å²) in [5, 5.41) is 2.43. The molecule has 0 aliphatic carbocycles. The van der Waals surface area contributed by atoms with Crippen molar-refractivity contribution in [1.29, 1.82) is 0 Å². The van der Waals surface area contributed by atoms with Crippen molar-refractivity contribution >= 4 is 23.0 Å². The lowest BCUT2D eigenvalue weighted by Gasteiger charge is -2.24. The van der Waals surface area contributed by atoms with Crippen molar-refractivity contribution in [3.8, 4) is 0 Å². The predicted molar refractivity (Wildman–Crippen MR) is 93.5 cm³/mol. The minimum atomic E-state index is -2.17. The van der Waals surface area contributed by atoms with E-state index in [0.29, 0.717) is 6.07 Å². The molecule has 0 heterocycles. The van der Waals surface area contributed by atoms with Gasteiger partial charge in [-0.1, -0.05) is 13.8 Å². The lowest BCUT2D eigenvalue weighted by molar-refractivity contribution is -0.121. The zero-order chi connectivity index (χ0) is 20.1. The molecule has 0 saturated heterocycles. The van der Waals surface area contributed by atoms with Gasteiger partial charge >= 0.3 is 6.09 Å². The molecule has 0 radical (unpaired) electrons. The van der Waals surface area contributed by atoms with Crippen molar-refractivity contribution < 1.29 is 27.3 Å². The SMILES string of the molecule is CC(C)CC(NC(=O)OC(C)(C)C)C(=O)NS(=O)c1cc(F)cc(F)c1. The molecule has 0 spiro atoms. The molecule has 2 unspecified atom stereocenters. The lowest BCUT2D eigenvalue weighted by Crippen LogP contribution is -2.49. The number of ether oxygens (including phenoxy) is 1. The van der Waals surface area contributed by atoms with Crippen LogP contribution in [0, 0.1) is 17.6 Å². The molecule has 9 heteroatoms. The number of rotatable bonds is 6. The zero-order valence-corrected chi connectivity index (χ0v) is 16.2. The molecule has 2 amide bonds. The third-order valence-corrected chi connectivity index (χ3v) is 4.01. The standard InChI is InChI=1S/C17H24F2N2O4S/c1-10(2)6-14(20-16(23)25-17(3,4)5)15(22)21-26(24)13-8-11(18)7-12(19)9-13/h7-10,14H,6H2,1-5H3,(H,20,23)(H,21,22). The van der Waals surface area contributed by atoms with E-state index >= 15 is 0 Å². The van der Waals surface area contributed by atoms with Crippen LogP contribution in [0.1, 0.15) is 41.0 Å². The number of alkyl carbamates (subject to hydrolysis) is 1. The maximum Gasteiger partial charge on any atom is 0.408 e. The summed E-state index contributed by atoms with van der Waals surface area (Å²) in [7, 11) is -2.17. The molecule has 146 valence electrons. The van der Waals surface area contributed by atoms with Crippen LogP contribution in [0.25, 0.3) is 0 Å². The maximum atomic E-state index is 13.2. The van der Waals surface area contributed by atoms with E-state index < -0.39 is 46.3 Å². The number of hydrogen-bond donors (Lipinski definition) is 2. The van der Waals surface area contributed by atoms with E-state index in [1.54, 1.807) is 20.8 Å². The minimum Gasteiger partial charge on any atom is -0.444 e. The van der Waals surface area contributed by atoms with E-state index in [-0.39, 0.29) is 17.2 Å². The first-order valence-corrected chi connectivity index (χ1v) is 9.20. The Morgan fingerprint density at radius 2 is 1.69 bits per heavy atom. The molecule has 26 heavy (non-hydrogen) atoms. The van der Waals surface area contributed by atoms with Gasteiger partial charge in [-0.25, -0.2) is 17.8 Å². The van der Waals surface area contributed by atoms with Crippen LogP contribution in [0.4, 0.5) is 13.6 Å². The second kappa shape index (κ2) is 9.07. The van der Waals surface area contributed by atoms with Crippen LogP contribution >= 0.6 is 0 Å². The second-order valence-electron chi connectivity index (χ2n) is 7.17. The molecular weight excluding hydrogens is 366 g/mol. The third kappa shape index (κ3) is 7.90. The van der Waals surface area contributed by atoms with Crippen molar-refractivity contribution in [2.45, 2.75) is 57.6 Å². The predicted octanol–water partition coefficient (Wildman–Crippen LogP) is 3.04. The van der Waals surface area contributed by atoms with E-state index in [2.05, 4.69) is 10.0 Å². The monoisotopic (exact) mass is 390 g/mol. The summed E-state index contributed by atoms with van der Waals surface area (Å²) in [6.45, 7) is 8.72. The first-order chi connectivity index (χ1) is 11.9. The van der Waals surface area contributed by atoms with Gasteiger partial charge in [-0.2, -0.15) is 0 Å². The lowest BCUT2D eigenvalue weighted by atomic mass is 10.0. The van der Waals surface area contributed by atoms with Crippen molar-refractivity contribution in [3.05, 3.63) is 29.8 Å².